The van der Waals surface area contributed by atoms with E-state index < -0.39 is 21.4 Å². The van der Waals surface area contributed by atoms with E-state index in [2.05, 4.69) is 4.18 Å². The van der Waals surface area contributed by atoms with E-state index in [0.717, 1.165) is 12.1 Å². The van der Waals surface area contributed by atoms with E-state index in [1.54, 1.807) is 22.6 Å². The zero-order valence-corrected chi connectivity index (χ0v) is 11.7. The summed E-state index contributed by atoms with van der Waals surface area (Å²) in [5, 5.41) is 8.76. The fraction of sp³-hybridized carbons (Fsp3) is 0.222. The molecule has 1 aromatic carbocycles. The fourth-order valence-corrected chi connectivity index (χ4v) is 2.37. The van der Waals surface area contributed by atoms with Gasteiger partial charge in [-0.1, -0.05) is 0 Å². The minimum Gasteiger partial charge on any atom is -0.376 e. The van der Waals surface area contributed by atoms with Crippen molar-refractivity contribution in [3.05, 3.63) is 26.8 Å². The summed E-state index contributed by atoms with van der Waals surface area (Å²) in [6.07, 6.45) is 0. The summed E-state index contributed by atoms with van der Waals surface area (Å²) >= 11 is 1.71. The highest BCUT2D eigenvalue weighted by atomic mass is 127. The second-order valence-electron chi connectivity index (χ2n) is 3.19. The highest BCUT2D eigenvalue weighted by Crippen LogP contribution is 2.29. The van der Waals surface area contributed by atoms with Gasteiger partial charge in [0.25, 0.3) is 0 Å². The van der Waals surface area contributed by atoms with Crippen LogP contribution in [0.25, 0.3) is 0 Å². The molecule has 4 nitrogen and oxygen atoms in total. The van der Waals surface area contributed by atoms with Crippen LogP contribution in [0.15, 0.2) is 12.1 Å². The van der Waals surface area contributed by atoms with Crippen molar-refractivity contribution in [2.75, 3.05) is 0 Å². The maximum atomic E-state index is 12.1. The molecule has 9 heteroatoms. The SMILES string of the molecule is Cc1cc(OS(=O)(=O)C(F)(F)F)cc(I)c1C#N. The minimum absolute atomic E-state index is 0.257. The molecule has 0 atom stereocenters. The van der Waals surface area contributed by atoms with E-state index in [1.807, 2.05) is 6.07 Å². The number of hydrogen-bond acceptors (Lipinski definition) is 4. The Kier molecular flexibility index (Phi) is 4.12. The van der Waals surface area contributed by atoms with Crippen molar-refractivity contribution in [1.82, 2.24) is 0 Å². The number of rotatable bonds is 2. The molecular formula is C9H5F3INO3S. The lowest BCUT2D eigenvalue weighted by molar-refractivity contribution is -0.0500. The second-order valence-corrected chi connectivity index (χ2v) is 5.89. The predicted octanol–water partition coefficient (Wildman–Crippen LogP) is 2.70. The van der Waals surface area contributed by atoms with Crippen LogP contribution in [0, 0.1) is 21.8 Å². The minimum atomic E-state index is -5.69. The molecule has 0 amide bonds. The zero-order valence-electron chi connectivity index (χ0n) is 8.75. The van der Waals surface area contributed by atoms with Gasteiger partial charge in [-0.25, -0.2) is 0 Å². The summed E-state index contributed by atoms with van der Waals surface area (Å²) in [6, 6.07) is 3.96. The van der Waals surface area contributed by atoms with E-state index >= 15 is 0 Å². The third-order valence-electron chi connectivity index (χ3n) is 1.86. The van der Waals surface area contributed by atoms with E-state index in [4.69, 9.17) is 5.26 Å². The van der Waals surface area contributed by atoms with Crippen LogP contribution in [-0.2, 0) is 10.1 Å². The van der Waals surface area contributed by atoms with E-state index in [-0.39, 0.29) is 5.56 Å². The van der Waals surface area contributed by atoms with Gasteiger partial charge in [0.2, 0.25) is 0 Å². The van der Waals surface area contributed by atoms with Gasteiger partial charge in [-0.2, -0.15) is 26.9 Å². The van der Waals surface area contributed by atoms with Gasteiger partial charge < -0.3 is 4.18 Å². The first-order valence-electron chi connectivity index (χ1n) is 4.29. The Labute approximate surface area is 115 Å². The molecule has 0 aliphatic rings. The lowest BCUT2D eigenvalue weighted by atomic mass is 10.1. The van der Waals surface area contributed by atoms with Crippen LogP contribution in [0.2, 0.25) is 0 Å². The van der Waals surface area contributed by atoms with Crippen LogP contribution < -0.4 is 4.18 Å². The Morgan fingerprint density at radius 2 is 1.94 bits per heavy atom. The van der Waals surface area contributed by atoms with Crippen LogP contribution >= 0.6 is 22.6 Å². The van der Waals surface area contributed by atoms with Crippen LogP contribution in [0.4, 0.5) is 13.2 Å². The molecule has 1 aromatic rings. The number of halogens is 4. The summed E-state index contributed by atoms with van der Waals surface area (Å²) in [7, 11) is -5.69. The molecule has 0 fully saturated rings. The van der Waals surface area contributed by atoms with Crippen molar-refractivity contribution in [3.63, 3.8) is 0 Å². The van der Waals surface area contributed by atoms with Crippen molar-refractivity contribution in [2.24, 2.45) is 0 Å². The smallest absolute Gasteiger partial charge is 0.376 e. The van der Waals surface area contributed by atoms with Crippen molar-refractivity contribution in [2.45, 2.75) is 12.4 Å². The Bertz CT molecular complexity index is 596. The van der Waals surface area contributed by atoms with Gasteiger partial charge >= 0.3 is 15.6 Å². The van der Waals surface area contributed by atoms with Gasteiger partial charge in [0.05, 0.1) is 5.56 Å². The molecule has 0 bridgehead atoms. The Hall–Kier alpha value is -1.02. The lowest BCUT2D eigenvalue weighted by Crippen LogP contribution is -2.28. The maximum Gasteiger partial charge on any atom is 0.534 e. The van der Waals surface area contributed by atoms with Gasteiger partial charge in [-0.15, -0.1) is 0 Å². The summed E-state index contributed by atoms with van der Waals surface area (Å²) in [4.78, 5) is 0. The molecule has 1 rings (SSSR count). The number of hydrogen-bond donors (Lipinski definition) is 0. The normalized spacial score (nSPS) is 12.0. The summed E-state index contributed by atoms with van der Waals surface area (Å²) < 4.78 is 62.1. The Morgan fingerprint density at radius 3 is 2.33 bits per heavy atom. The molecule has 0 radical (unpaired) electrons. The Balaban J connectivity index is 3.21. The fourth-order valence-electron chi connectivity index (χ4n) is 1.08. The first kappa shape index (κ1) is 15.0. The standard InChI is InChI=1S/C9H5F3INO3S/c1-5-2-6(3-8(13)7(5)4-14)17-18(15,16)9(10,11)12/h2-3H,1H3. The molecule has 0 saturated carbocycles. The molecule has 98 valence electrons. The summed E-state index contributed by atoms with van der Waals surface area (Å²) in [5.41, 5.74) is -4.90. The molecule has 0 saturated heterocycles. The van der Waals surface area contributed by atoms with Gasteiger partial charge in [0, 0.05) is 3.57 Å². The number of nitriles is 1. The number of aryl methyl sites for hydroxylation is 1. The molecule has 0 spiro atoms. The monoisotopic (exact) mass is 391 g/mol. The highest BCUT2D eigenvalue weighted by Gasteiger charge is 2.48. The lowest BCUT2D eigenvalue weighted by Gasteiger charge is -2.11. The van der Waals surface area contributed by atoms with Crippen molar-refractivity contribution < 1.29 is 25.8 Å². The molecule has 0 aliphatic carbocycles. The third kappa shape index (κ3) is 3.05. The number of alkyl halides is 3. The van der Waals surface area contributed by atoms with Gasteiger partial charge in [-0.3, -0.25) is 0 Å². The molecule has 0 heterocycles. The first-order chi connectivity index (χ1) is 8.08. The average molecular weight is 391 g/mol. The van der Waals surface area contributed by atoms with Gasteiger partial charge in [0.1, 0.15) is 11.8 Å². The molecular weight excluding hydrogens is 386 g/mol. The number of benzene rings is 1. The van der Waals surface area contributed by atoms with Crippen LogP contribution in [0.5, 0.6) is 5.75 Å². The molecule has 0 unspecified atom stereocenters. The first-order valence-corrected chi connectivity index (χ1v) is 6.78. The van der Waals surface area contributed by atoms with Crippen LogP contribution in [-0.4, -0.2) is 13.9 Å². The quantitative estimate of drug-likeness (QED) is 0.442. The Morgan fingerprint density at radius 1 is 1.39 bits per heavy atom. The van der Waals surface area contributed by atoms with Gasteiger partial charge in [0.15, 0.2) is 0 Å². The molecule has 0 aromatic heterocycles. The van der Waals surface area contributed by atoms with Crippen LogP contribution in [0.1, 0.15) is 11.1 Å². The zero-order chi connectivity index (χ0) is 14.1. The topological polar surface area (TPSA) is 67.2 Å². The summed E-state index contributed by atoms with van der Waals surface area (Å²) in [6.45, 7) is 1.47. The molecule has 0 N–H and O–H groups in total. The van der Waals surface area contributed by atoms with Crippen LogP contribution in [0.3, 0.4) is 0 Å². The van der Waals surface area contributed by atoms with Crippen molar-refractivity contribution >= 4 is 32.7 Å². The molecule has 18 heavy (non-hydrogen) atoms. The predicted molar refractivity (Wildman–Crippen MR) is 64.2 cm³/mol. The van der Waals surface area contributed by atoms with E-state index in [9.17, 15) is 21.6 Å². The maximum absolute atomic E-state index is 12.1. The second kappa shape index (κ2) is 4.93. The largest absolute Gasteiger partial charge is 0.534 e. The van der Waals surface area contributed by atoms with Crippen molar-refractivity contribution in [3.8, 4) is 11.8 Å². The number of nitrogens with zero attached hydrogens (tertiary/aromatic N) is 1. The van der Waals surface area contributed by atoms with E-state index in [1.165, 1.54) is 6.92 Å². The summed E-state index contributed by atoms with van der Waals surface area (Å²) in [5.74, 6) is -0.478. The average Bonchev–Trinajstić information content (AvgIpc) is 2.14. The van der Waals surface area contributed by atoms with Crippen molar-refractivity contribution in [1.29, 1.82) is 5.26 Å². The third-order valence-corrected chi connectivity index (χ3v) is 3.69. The van der Waals surface area contributed by atoms with Gasteiger partial charge in [-0.05, 0) is 47.2 Å². The van der Waals surface area contributed by atoms with E-state index in [0.29, 0.717) is 9.13 Å². The molecule has 0 aliphatic heterocycles. The highest BCUT2D eigenvalue weighted by molar-refractivity contribution is 14.1.